The van der Waals surface area contributed by atoms with Crippen LogP contribution in [0.25, 0.3) is 0 Å². The van der Waals surface area contributed by atoms with Crippen molar-refractivity contribution in [1.82, 2.24) is 0 Å². The van der Waals surface area contributed by atoms with Gasteiger partial charge in [-0.25, -0.2) is 0 Å². The lowest BCUT2D eigenvalue weighted by atomic mass is 9.93. The molecule has 0 aromatic rings. The first kappa shape index (κ1) is 18.1. The molecule has 2 nitrogen and oxygen atoms in total. The summed E-state index contributed by atoms with van der Waals surface area (Å²) in [6.45, 7) is 10.4. The van der Waals surface area contributed by atoms with Crippen LogP contribution in [-0.2, 0) is 9.53 Å². The molecule has 2 heteroatoms. The summed E-state index contributed by atoms with van der Waals surface area (Å²) in [6, 6.07) is 0. The first-order valence-corrected chi connectivity index (χ1v) is 7.23. The molecule has 0 bridgehead atoms. The van der Waals surface area contributed by atoms with Crippen LogP contribution in [0, 0.1) is 5.92 Å². The normalized spacial score (nSPS) is 14.9. The van der Waals surface area contributed by atoms with E-state index in [0.29, 0.717) is 12.3 Å². The zero-order valence-corrected chi connectivity index (χ0v) is 13.5. The third-order valence-electron chi connectivity index (χ3n) is 3.45. The molecule has 0 radical (unpaired) electrons. The number of carbonyl (C=O) groups is 1. The summed E-state index contributed by atoms with van der Waals surface area (Å²) < 4.78 is 5.42. The molecule has 0 amide bonds. The van der Waals surface area contributed by atoms with Crippen LogP contribution in [0.2, 0.25) is 0 Å². The van der Waals surface area contributed by atoms with E-state index in [1.54, 1.807) is 13.2 Å². The van der Waals surface area contributed by atoms with E-state index in [4.69, 9.17) is 4.74 Å². The first-order chi connectivity index (χ1) is 8.80. The highest BCUT2D eigenvalue weighted by molar-refractivity contribution is 5.90. The molecular formula is C17H30O2. The van der Waals surface area contributed by atoms with Gasteiger partial charge in [0.15, 0.2) is 5.78 Å². The van der Waals surface area contributed by atoms with Crippen LogP contribution in [0.1, 0.15) is 60.3 Å². The number of methoxy groups -OCH3 is 1. The Morgan fingerprint density at radius 3 is 2.53 bits per heavy atom. The van der Waals surface area contributed by atoms with Gasteiger partial charge in [0, 0.05) is 13.5 Å². The van der Waals surface area contributed by atoms with Gasteiger partial charge in [-0.3, -0.25) is 4.79 Å². The van der Waals surface area contributed by atoms with Crippen LogP contribution in [0.3, 0.4) is 0 Å². The van der Waals surface area contributed by atoms with Crippen LogP contribution in [-0.4, -0.2) is 18.5 Å². The molecule has 0 N–H and O–H groups in total. The molecular weight excluding hydrogens is 236 g/mol. The lowest BCUT2D eigenvalue weighted by Crippen LogP contribution is -2.22. The van der Waals surface area contributed by atoms with Gasteiger partial charge in [-0.1, -0.05) is 26.0 Å². The SMILES string of the molecule is CCC(=O)C=C(C)C=CCC(C)CCC(C)(C)OC. The Kier molecular flexibility index (Phi) is 8.66. The van der Waals surface area contributed by atoms with E-state index >= 15 is 0 Å². The van der Waals surface area contributed by atoms with Crippen molar-refractivity contribution in [2.45, 2.75) is 65.9 Å². The van der Waals surface area contributed by atoms with Crippen molar-refractivity contribution in [3.8, 4) is 0 Å². The van der Waals surface area contributed by atoms with Gasteiger partial charge in [0.05, 0.1) is 5.60 Å². The van der Waals surface area contributed by atoms with Crippen molar-refractivity contribution in [3.63, 3.8) is 0 Å². The Hall–Kier alpha value is -0.890. The maximum Gasteiger partial charge on any atom is 0.155 e. The number of ketones is 1. The topological polar surface area (TPSA) is 26.3 Å². The standard InChI is InChI=1S/C17H30O2/c1-7-16(18)13-15(3)10-8-9-14(2)11-12-17(4,5)19-6/h8,10,13-14H,7,9,11-12H2,1-6H3. The molecule has 0 spiro atoms. The molecule has 0 rings (SSSR count). The van der Waals surface area contributed by atoms with Crippen molar-refractivity contribution in [3.05, 3.63) is 23.8 Å². The summed E-state index contributed by atoms with van der Waals surface area (Å²) in [5.41, 5.74) is 1.01. The Morgan fingerprint density at radius 2 is 2.00 bits per heavy atom. The van der Waals surface area contributed by atoms with Gasteiger partial charge >= 0.3 is 0 Å². The van der Waals surface area contributed by atoms with Crippen molar-refractivity contribution >= 4 is 5.78 Å². The minimum absolute atomic E-state index is 0.0264. The molecule has 0 saturated carbocycles. The summed E-state index contributed by atoms with van der Waals surface area (Å²) in [4.78, 5) is 11.2. The molecule has 1 unspecified atom stereocenters. The van der Waals surface area contributed by atoms with Gasteiger partial charge in [-0.2, -0.15) is 0 Å². The highest BCUT2D eigenvalue weighted by atomic mass is 16.5. The van der Waals surface area contributed by atoms with Gasteiger partial charge in [0.25, 0.3) is 0 Å². The molecule has 0 aromatic heterocycles. The van der Waals surface area contributed by atoms with E-state index in [0.717, 1.165) is 24.8 Å². The predicted molar refractivity (Wildman–Crippen MR) is 82.3 cm³/mol. The van der Waals surface area contributed by atoms with E-state index in [1.807, 2.05) is 19.9 Å². The monoisotopic (exact) mass is 266 g/mol. The largest absolute Gasteiger partial charge is 0.379 e. The fourth-order valence-corrected chi connectivity index (χ4v) is 1.70. The summed E-state index contributed by atoms with van der Waals surface area (Å²) in [7, 11) is 1.77. The predicted octanol–water partition coefficient (Wildman–Crippen LogP) is 4.70. The lowest BCUT2D eigenvalue weighted by Gasteiger charge is -2.24. The van der Waals surface area contributed by atoms with E-state index in [2.05, 4.69) is 26.8 Å². The minimum Gasteiger partial charge on any atom is -0.379 e. The van der Waals surface area contributed by atoms with Gasteiger partial charge < -0.3 is 4.74 Å². The Bertz CT molecular complexity index is 324. The van der Waals surface area contributed by atoms with Crippen molar-refractivity contribution < 1.29 is 9.53 Å². The highest BCUT2D eigenvalue weighted by Gasteiger charge is 2.16. The fraction of sp³-hybridized carbons (Fsp3) is 0.706. The lowest BCUT2D eigenvalue weighted by molar-refractivity contribution is -0.114. The summed E-state index contributed by atoms with van der Waals surface area (Å²) in [5.74, 6) is 0.831. The van der Waals surface area contributed by atoms with Crippen molar-refractivity contribution in [2.24, 2.45) is 5.92 Å². The number of hydrogen-bond acceptors (Lipinski definition) is 2. The second-order valence-electron chi connectivity index (χ2n) is 5.95. The zero-order chi connectivity index (χ0) is 14.9. The van der Waals surface area contributed by atoms with Crippen LogP contribution in [0.4, 0.5) is 0 Å². The molecule has 0 fully saturated rings. The molecule has 0 aliphatic heterocycles. The molecule has 0 heterocycles. The zero-order valence-electron chi connectivity index (χ0n) is 13.5. The number of allylic oxidation sites excluding steroid dienone is 4. The van der Waals surface area contributed by atoms with Crippen LogP contribution < -0.4 is 0 Å². The van der Waals surface area contributed by atoms with E-state index in [-0.39, 0.29) is 11.4 Å². The molecule has 0 aliphatic rings. The molecule has 0 saturated heterocycles. The average molecular weight is 266 g/mol. The number of rotatable bonds is 9. The average Bonchev–Trinajstić information content (AvgIpc) is 2.36. The smallest absolute Gasteiger partial charge is 0.155 e. The van der Waals surface area contributed by atoms with Gasteiger partial charge in [-0.05, 0) is 57.6 Å². The second kappa shape index (κ2) is 9.08. The molecule has 1 atom stereocenters. The van der Waals surface area contributed by atoms with Gasteiger partial charge in [0.1, 0.15) is 0 Å². The molecule has 0 aliphatic carbocycles. The fourth-order valence-electron chi connectivity index (χ4n) is 1.70. The number of carbonyl (C=O) groups excluding carboxylic acids is 1. The van der Waals surface area contributed by atoms with E-state index in [1.165, 1.54) is 0 Å². The maximum atomic E-state index is 11.2. The third-order valence-corrected chi connectivity index (χ3v) is 3.45. The quantitative estimate of drug-likeness (QED) is 0.446. The first-order valence-electron chi connectivity index (χ1n) is 7.23. The molecule has 0 aromatic carbocycles. The summed E-state index contributed by atoms with van der Waals surface area (Å²) in [5, 5.41) is 0. The third kappa shape index (κ3) is 9.66. The number of ether oxygens (including phenoxy) is 1. The van der Waals surface area contributed by atoms with E-state index < -0.39 is 0 Å². The van der Waals surface area contributed by atoms with Crippen LogP contribution in [0.15, 0.2) is 23.8 Å². The Morgan fingerprint density at radius 1 is 1.37 bits per heavy atom. The minimum atomic E-state index is -0.0264. The summed E-state index contributed by atoms with van der Waals surface area (Å²) in [6.07, 6.45) is 9.78. The van der Waals surface area contributed by atoms with Crippen molar-refractivity contribution in [2.75, 3.05) is 7.11 Å². The van der Waals surface area contributed by atoms with Crippen LogP contribution in [0.5, 0.6) is 0 Å². The second-order valence-corrected chi connectivity index (χ2v) is 5.95. The summed E-state index contributed by atoms with van der Waals surface area (Å²) >= 11 is 0. The number of hydrogen-bond donors (Lipinski definition) is 0. The molecule has 19 heavy (non-hydrogen) atoms. The Balaban J connectivity index is 4.06. The molecule has 110 valence electrons. The van der Waals surface area contributed by atoms with Crippen molar-refractivity contribution in [1.29, 1.82) is 0 Å². The van der Waals surface area contributed by atoms with Crippen LogP contribution >= 0.6 is 0 Å². The maximum absolute atomic E-state index is 11.2. The van der Waals surface area contributed by atoms with Gasteiger partial charge in [-0.15, -0.1) is 0 Å². The van der Waals surface area contributed by atoms with E-state index in [9.17, 15) is 4.79 Å². The Labute approximate surface area is 118 Å². The van der Waals surface area contributed by atoms with Gasteiger partial charge in [0.2, 0.25) is 0 Å². The highest BCUT2D eigenvalue weighted by Crippen LogP contribution is 2.21.